The molecule has 2 aromatic rings. The summed E-state index contributed by atoms with van der Waals surface area (Å²) < 4.78 is 32.2. The van der Waals surface area contributed by atoms with Crippen LogP contribution in [0.15, 0.2) is 53.4 Å². The topological polar surface area (TPSA) is 105 Å². The Morgan fingerprint density at radius 3 is 2.39 bits per heavy atom. The number of amides is 2. The number of carbonyl (C=O) groups is 2. The lowest BCUT2D eigenvalue weighted by Crippen LogP contribution is -2.50. The van der Waals surface area contributed by atoms with Crippen molar-refractivity contribution in [3.63, 3.8) is 0 Å². The standard InChI is InChI=1S/C22H27N3O5S/c1-16-5-11-20(12-6-16)31(28,29)25-13-3-4-18(15-25)22(27)24-23-21(26)14-17-7-9-19(30-2)10-8-17/h5-12,18H,3-4,13-15H2,1-2H3,(H,23,26)(H,24,27)/t18-/m1/s1. The normalized spacial score (nSPS) is 17.0. The van der Waals surface area contributed by atoms with Gasteiger partial charge in [-0.2, -0.15) is 4.31 Å². The molecule has 0 spiro atoms. The maximum absolute atomic E-state index is 12.9. The Morgan fingerprint density at radius 2 is 1.74 bits per heavy atom. The molecule has 0 aromatic heterocycles. The van der Waals surface area contributed by atoms with Crippen molar-refractivity contribution in [2.24, 2.45) is 5.92 Å². The second kappa shape index (κ2) is 9.93. The van der Waals surface area contributed by atoms with Crippen LogP contribution in [0.1, 0.15) is 24.0 Å². The number of nitrogens with one attached hydrogen (secondary N) is 2. The van der Waals surface area contributed by atoms with Crippen molar-refractivity contribution in [1.29, 1.82) is 0 Å². The first-order valence-corrected chi connectivity index (χ1v) is 11.5. The number of piperidine rings is 1. The van der Waals surface area contributed by atoms with Crippen LogP contribution in [0.3, 0.4) is 0 Å². The summed E-state index contributed by atoms with van der Waals surface area (Å²) in [6.45, 7) is 2.33. The Morgan fingerprint density at radius 1 is 1.06 bits per heavy atom. The van der Waals surface area contributed by atoms with Crippen molar-refractivity contribution in [2.45, 2.75) is 31.1 Å². The molecule has 9 heteroatoms. The van der Waals surface area contributed by atoms with E-state index in [1.165, 1.54) is 4.31 Å². The van der Waals surface area contributed by atoms with Crippen LogP contribution >= 0.6 is 0 Å². The first-order valence-electron chi connectivity index (χ1n) is 10.1. The van der Waals surface area contributed by atoms with E-state index in [0.717, 1.165) is 11.1 Å². The van der Waals surface area contributed by atoms with Crippen LogP contribution in [-0.2, 0) is 26.0 Å². The molecular weight excluding hydrogens is 418 g/mol. The van der Waals surface area contributed by atoms with Crippen molar-refractivity contribution in [3.05, 3.63) is 59.7 Å². The average Bonchev–Trinajstić information content (AvgIpc) is 2.78. The van der Waals surface area contributed by atoms with Crippen LogP contribution in [0.25, 0.3) is 0 Å². The smallest absolute Gasteiger partial charge is 0.243 e. The number of hydrogen-bond donors (Lipinski definition) is 2. The minimum absolute atomic E-state index is 0.0798. The summed E-state index contributed by atoms with van der Waals surface area (Å²) in [5.74, 6) is -0.597. The molecule has 8 nitrogen and oxygen atoms in total. The molecule has 0 radical (unpaired) electrons. The number of sulfonamides is 1. The fourth-order valence-electron chi connectivity index (χ4n) is 3.44. The number of rotatable bonds is 6. The lowest BCUT2D eigenvalue weighted by molar-refractivity contribution is -0.131. The number of nitrogens with zero attached hydrogens (tertiary/aromatic N) is 1. The van der Waals surface area contributed by atoms with Gasteiger partial charge in [-0.1, -0.05) is 29.8 Å². The van der Waals surface area contributed by atoms with Gasteiger partial charge in [0, 0.05) is 13.1 Å². The molecule has 166 valence electrons. The molecule has 1 heterocycles. The Balaban J connectivity index is 1.54. The van der Waals surface area contributed by atoms with Gasteiger partial charge in [-0.15, -0.1) is 0 Å². The Bertz CT molecular complexity index is 1020. The number of aryl methyl sites for hydroxylation is 1. The molecule has 1 aliphatic heterocycles. The molecule has 0 saturated carbocycles. The molecule has 3 rings (SSSR count). The van der Waals surface area contributed by atoms with Crippen molar-refractivity contribution in [1.82, 2.24) is 15.2 Å². The van der Waals surface area contributed by atoms with Crippen LogP contribution in [0, 0.1) is 12.8 Å². The quantitative estimate of drug-likeness (QED) is 0.660. The molecule has 1 saturated heterocycles. The number of benzene rings is 2. The van der Waals surface area contributed by atoms with E-state index in [9.17, 15) is 18.0 Å². The van der Waals surface area contributed by atoms with Gasteiger partial charge in [0.1, 0.15) is 5.75 Å². The van der Waals surface area contributed by atoms with Crippen molar-refractivity contribution < 1.29 is 22.7 Å². The summed E-state index contributed by atoms with van der Waals surface area (Å²) in [5.41, 5.74) is 6.59. The van der Waals surface area contributed by atoms with Crippen LogP contribution < -0.4 is 15.6 Å². The average molecular weight is 446 g/mol. The predicted molar refractivity (Wildman–Crippen MR) is 116 cm³/mol. The Hall–Kier alpha value is -2.91. The Labute approximate surface area is 182 Å². The van der Waals surface area contributed by atoms with E-state index < -0.39 is 21.8 Å². The molecule has 2 N–H and O–H groups in total. The van der Waals surface area contributed by atoms with Crippen molar-refractivity contribution in [2.75, 3.05) is 20.2 Å². The third kappa shape index (κ3) is 5.83. The van der Waals surface area contributed by atoms with Crippen LogP contribution in [0.4, 0.5) is 0 Å². The van der Waals surface area contributed by atoms with Gasteiger partial charge < -0.3 is 4.74 Å². The fourth-order valence-corrected chi connectivity index (χ4v) is 4.96. The van der Waals surface area contributed by atoms with E-state index in [0.29, 0.717) is 25.1 Å². The zero-order valence-electron chi connectivity index (χ0n) is 17.6. The fraction of sp³-hybridized carbons (Fsp3) is 0.364. The van der Waals surface area contributed by atoms with Gasteiger partial charge in [0.25, 0.3) is 0 Å². The van der Waals surface area contributed by atoms with E-state index in [1.807, 2.05) is 6.92 Å². The van der Waals surface area contributed by atoms with Gasteiger partial charge in [-0.3, -0.25) is 20.4 Å². The van der Waals surface area contributed by atoms with Gasteiger partial charge in [-0.25, -0.2) is 8.42 Å². The maximum Gasteiger partial charge on any atom is 0.243 e. The molecular formula is C22H27N3O5S. The van der Waals surface area contributed by atoms with E-state index in [1.54, 1.807) is 55.6 Å². The SMILES string of the molecule is COc1ccc(CC(=O)NNC(=O)[C@@H]2CCCN(S(=O)(=O)c3ccc(C)cc3)C2)cc1. The highest BCUT2D eigenvalue weighted by atomic mass is 32.2. The van der Waals surface area contributed by atoms with Crippen molar-refractivity contribution >= 4 is 21.8 Å². The molecule has 1 fully saturated rings. The van der Waals surface area contributed by atoms with E-state index in [4.69, 9.17) is 4.74 Å². The summed E-state index contributed by atoms with van der Waals surface area (Å²) in [4.78, 5) is 24.9. The first kappa shape index (κ1) is 22.8. The zero-order chi connectivity index (χ0) is 22.4. The highest BCUT2D eigenvalue weighted by Gasteiger charge is 2.33. The van der Waals surface area contributed by atoms with Crippen molar-refractivity contribution in [3.8, 4) is 5.75 Å². The summed E-state index contributed by atoms with van der Waals surface area (Å²) in [6, 6.07) is 13.7. The summed E-state index contributed by atoms with van der Waals surface area (Å²) in [6.07, 6.45) is 1.23. The van der Waals surface area contributed by atoms with Gasteiger partial charge in [-0.05, 0) is 49.6 Å². The second-order valence-electron chi connectivity index (χ2n) is 7.58. The molecule has 0 unspecified atom stereocenters. The Kier molecular flexibility index (Phi) is 7.29. The van der Waals surface area contributed by atoms with Gasteiger partial charge in [0.05, 0.1) is 24.3 Å². The van der Waals surface area contributed by atoms with E-state index in [-0.39, 0.29) is 23.8 Å². The molecule has 31 heavy (non-hydrogen) atoms. The lowest BCUT2D eigenvalue weighted by atomic mass is 9.99. The predicted octanol–water partition coefficient (Wildman–Crippen LogP) is 1.79. The monoisotopic (exact) mass is 445 g/mol. The molecule has 2 amide bonds. The highest BCUT2D eigenvalue weighted by molar-refractivity contribution is 7.89. The minimum atomic E-state index is -3.67. The molecule has 1 aliphatic rings. The number of ether oxygens (including phenoxy) is 1. The summed E-state index contributed by atoms with van der Waals surface area (Å²) in [5, 5.41) is 0. The summed E-state index contributed by atoms with van der Waals surface area (Å²) >= 11 is 0. The van der Waals surface area contributed by atoms with Crippen LogP contribution in [0.5, 0.6) is 5.75 Å². The van der Waals surface area contributed by atoms with E-state index in [2.05, 4.69) is 10.9 Å². The molecule has 2 aromatic carbocycles. The van der Waals surface area contributed by atoms with Crippen LogP contribution in [-0.4, -0.2) is 44.7 Å². The molecule has 1 atom stereocenters. The van der Waals surface area contributed by atoms with Gasteiger partial charge in [0.2, 0.25) is 21.8 Å². The number of hydrazine groups is 1. The molecule has 0 bridgehead atoms. The number of methoxy groups -OCH3 is 1. The van der Waals surface area contributed by atoms with Crippen LogP contribution in [0.2, 0.25) is 0 Å². The maximum atomic E-state index is 12.9. The third-order valence-corrected chi connectivity index (χ3v) is 7.14. The first-order chi connectivity index (χ1) is 14.8. The second-order valence-corrected chi connectivity index (χ2v) is 9.52. The minimum Gasteiger partial charge on any atom is -0.497 e. The van der Waals surface area contributed by atoms with Gasteiger partial charge in [0.15, 0.2) is 0 Å². The largest absolute Gasteiger partial charge is 0.497 e. The zero-order valence-corrected chi connectivity index (χ0v) is 18.4. The lowest BCUT2D eigenvalue weighted by Gasteiger charge is -2.31. The summed E-state index contributed by atoms with van der Waals surface area (Å²) in [7, 11) is -2.10. The third-order valence-electron chi connectivity index (χ3n) is 5.26. The highest BCUT2D eigenvalue weighted by Crippen LogP contribution is 2.24. The van der Waals surface area contributed by atoms with E-state index >= 15 is 0 Å². The number of carbonyl (C=O) groups excluding carboxylic acids is 2. The molecule has 0 aliphatic carbocycles. The van der Waals surface area contributed by atoms with Gasteiger partial charge >= 0.3 is 0 Å². The number of hydrogen-bond acceptors (Lipinski definition) is 5.